The van der Waals surface area contributed by atoms with Crippen molar-refractivity contribution < 1.29 is 12.8 Å². The minimum Gasteiger partial charge on any atom is -0.399 e. The van der Waals surface area contributed by atoms with E-state index in [4.69, 9.17) is 5.73 Å². The fraction of sp³-hybridized carbons (Fsp3) is 0.308. The Bertz CT molecular complexity index is 767. The summed E-state index contributed by atoms with van der Waals surface area (Å²) in [4.78, 5) is -0.131. The van der Waals surface area contributed by atoms with Gasteiger partial charge in [0.05, 0.1) is 26.5 Å². The molecule has 8 heteroatoms. The first-order valence-corrected chi connectivity index (χ1v) is 8.69. The van der Waals surface area contributed by atoms with E-state index in [0.29, 0.717) is 22.4 Å². The highest BCUT2D eigenvalue weighted by Gasteiger charge is 2.22. The van der Waals surface area contributed by atoms with E-state index < -0.39 is 15.7 Å². The quantitative estimate of drug-likeness (QED) is 0.833. The molecule has 114 valence electrons. The summed E-state index contributed by atoms with van der Waals surface area (Å²) in [5.74, 6) is -0.946. The molecule has 0 atom stereocenters. The first-order valence-electron chi connectivity index (χ1n) is 6.25. The van der Waals surface area contributed by atoms with Crippen LogP contribution in [0.3, 0.4) is 0 Å². The maximum atomic E-state index is 13.4. The van der Waals surface area contributed by atoms with Gasteiger partial charge in [-0.05, 0) is 48.0 Å². The van der Waals surface area contributed by atoms with Gasteiger partial charge in [0.15, 0.2) is 9.84 Å². The Morgan fingerprint density at radius 3 is 2.62 bits per heavy atom. The predicted octanol–water partition coefficient (Wildman–Crippen LogP) is 2.67. The molecule has 5 nitrogen and oxygen atoms in total. The van der Waals surface area contributed by atoms with E-state index in [9.17, 15) is 12.8 Å². The molecule has 21 heavy (non-hydrogen) atoms. The molecule has 2 N–H and O–H groups in total. The predicted molar refractivity (Wildman–Crippen MR) is 82.0 cm³/mol. The van der Waals surface area contributed by atoms with Crippen molar-refractivity contribution in [3.8, 4) is 0 Å². The standard InChI is InChI=1S/C13H15BrFN3O2S/c1-3-18-12(13(14)8(2)17-18)7-21(19,20)11-5-9(15)4-10(16)6-11/h4-6H,3,7,16H2,1-2H3. The molecule has 0 radical (unpaired) electrons. The van der Waals surface area contributed by atoms with Crippen molar-refractivity contribution in [2.24, 2.45) is 0 Å². The lowest BCUT2D eigenvalue weighted by Gasteiger charge is -2.08. The van der Waals surface area contributed by atoms with Crippen LogP contribution in [0.5, 0.6) is 0 Å². The fourth-order valence-corrected chi connectivity index (χ4v) is 4.07. The number of aromatic nitrogens is 2. The number of rotatable bonds is 4. The summed E-state index contributed by atoms with van der Waals surface area (Å²) in [6.45, 7) is 4.20. The molecule has 0 saturated heterocycles. The van der Waals surface area contributed by atoms with Crippen LogP contribution in [0, 0.1) is 12.7 Å². The average molecular weight is 376 g/mol. The van der Waals surface area contributed by atoms with Gasteiger partial charge in [0.1, 0.15) is 5.82 Å². The molecule has 1 aromatic heterocycles. The van der Waals surface area contributed by atoms with E-state index in [2.05, 4.69) is 21.0 Å². The monoisotopic (exact) mass is 375 g/mol. The van der Waals surface area contributed by atoms with Gasteiger partial charge in [-0.25, -0.2) is 12.8 Å². The molecule has 0 aliphatic rings. The van der Waals surface area contributed by atoms with E-state index >= 15 is 0 Å². The molecule has 0 aliphatic carbocycles. The second kappa shape index (κ2) is 5.76. The van der Waals surface area contributed by atoms with E-state index in [1.54, 1.807) is 11.6 Å². The summed E-state index contributed by atoms with van der Waals surface area (Å²) < 4.78 is 40.5. The van der Waals surface area contributed by atoms with Gasteiger partial charge in [0.2, 0.25) is 0 Å². The van der Waals surface area contributed by atoms with Crippen LogP contribution in [-0.4, -0.2) is 18.2 Å². The molecule has 0 aliphatic heterocycles. The van der Waals surface area contributed by atoms with Gasteiger partial charge in [0.25, 0.3) is 0 Å². The lowest BCUT2D eigenvalue weighted by molar-refractivity contribution is 0.582. The van der Waals surface area contributed by atoms with Gasteiger partial charge in [-0.15, -0.1) is 0 Å². The lowest BCUT2D eigenvalue weighted by atomic mass is 10.3. The highest BCUT2D eigenvalue weighted by atomic mass is 79.9. The summed E-state index contributed by atoms with van der Waals surface area (Å²) in [6.07, 6.45) is 0. The molecule has 0 spiro atoms. The smallest absolute Gasteiger partial charge is 0.184 e. The van der Waals surface area contributed by atoms with Crippen LogP contribution in [0.2, 0.25) is 0 Å². The summed E-state index contributed by atoms with van der Waals surface area (Å²) in [7, 11) is -3.71. The summed E-state index contributed by atoms with van der Waals surface area (Å²) in [6, 6.07) is 3.31. The van der Waals surface area contributed by atoms with Gasteiger partial charge in [0, 0.05) is 12.2 Å². The fourth-order valence-electron chi connectivity index (χ4n) is 2.03. The number of hydrogen-bond acceptors (Lipinski definition) is 4. The zero-order chi connectivity index (χ0) is 15.8. The second-order valence-corrected chi connectivity index (χ2v) is 7.42. The van der Waals surface area contributed by atoms with Gasteiger partial charge in [-0.2, -0.15) is 5.10 Å². The number of nitrogens with two attached hydrogens (primary N) is 1. The van der Waals surface area contributed by atoms with Crippen molar-refractivity contribution in [3.63, 3.8) is 0 Å². The molecular formula is C13H15BrFN3O2S. The Kier molecular flexibility index (Phi) is 4.38. The molecule has 0 saturated carbocycles. The third-order valence-electron chi connectivity index (χ3n) is 3.03. The molecular weight excluding hydrogens is 361 g/mol. The number of aryl methyl sites for hydroxylation is 2. The van der Waals surface area contributed by atoms with Gasteiger partial charge >= 0.3 is 0 Å². The average Bonchev–Trinajstić information content (AvgIpc) is 2.65. The topological polar surface area (TPSA) is 78.0 Å². The van der Waals surface area contributed by atoms with Crippen LogP contribution < -0.4 is 5.73 Å². The van der Waals surface area contributed by atoms with E-state index in [0.717, 1.165) is 12.1 Å². The van der Waals surface area contributed by atoms with E-state index in [1.807, 2.05) is 6.92 Å². The summed E-state index contributed by atoms with van der Waals surface area (Å²) in [5, 5.41) is 4.25. The maximum absolute atomic E-state index is 13.4. The third kappa shape index (κ3) is 3.26. The van der Waals surface area contributed by atoms with E-state index in [1.165, 1.54) is 6.07 Å². The van der Waals surface area contributed by atoms with Crippen LogP contribution in [-0.2, 0) is 22.1 Å². The lowest BCUT2D eigenvalue weighted by Crippen LogP contribution is -2.11. The Balaban J connectivity index is 2.47. The van der Waals surface area contributed by atoms with Crippen LogP contribution in [0.15, 0.2) is 27.6 Å². The SMILES string of the molecule is CCn1nc(C)c(Br)c1CS(=O)(=O)c1cc(N)cc(F)c1. The zero-order valence-corrected chi connectivity index (χ0v) is 14.0. The third-order valence-corrected chi connectivity index (χ3v) is 5.67. The summed E-state index contributed by atoms with van der Waals surface area (Å²) in [5.41, 5.74) is 6.83. The Morgan fingerprint density at radius 1 is 1.38 bits per heavy atom. The van der Waals surface area contributed by atoms with Crippen LogP contribution >= 0.6 is 15.9 Å². The Hall–Kier alpha value is -1.41. The largest absolute Gasteiger partial charge is 0.399 e. The molecule has 2 aromatic rings. The second-order valence-electron chi connectivity index (χ2n) is 4.64. The molecule has 0 unspecified atom stereocenters. The van der Waals surface area contributed by atoms with Crippen LogP contribution in [0.25, 0.3) is 0 Å². The number of sulfone groups is 1. The number of benzene rings is 1. The van der Waals surface area contributed by atoms with E-state index in [-0.39, 0.29) is 16.3 Å². The Labute approximate surface area is 131 Å². The van der Waals surface area contributed by atoms with Crippen molar-refractivity contribution >= 4 is 31.5 Å². The minimum atomic E-state index is -3.71. The molecule has 1 heterocycles. The number of nitrogen functional groups attached to an aromatic ring is 1. The molecule has 1 aromatic carbocycles. The minimum absolute atomic E-state index is 0.0767. The molecule has 0 bridgehead atoms. The van der Waals surface area contributed by atoms with Crippen molar-refractivity contribution in [2.75, 3.05) is 5.73 Å². The number of halogens is 2. The van der Waals surface area contributed by atoms with Crippen molar-refractivity contribution in [1.82, 2.24) is 9.78 Å². The van der Waals surface area contributed by atoms with Crippen molar-refractivity contribution in [3.05, 3.63) is 39.9 Å². The summed E-state index contributed by atoms with van der Waals surface area (Å²) >= 11 is 3.35. The zero-order valence-electron chi connectivity index (χ0n) is 11.6. The maximum Gasteiger partial charge on any atom is 0.184 e. The first-order chi connectivity index (χ1) is 9.74. The molecule has 0 amide bonds. The Morgan fingerprint density at radius 2 is 2.05 bits per heavy atom. The van der Waals surface area contributed by atoms with Gasteiger partial charge < -0.3 is 5.73 Å². The normalized spacial score (nSPS) is 11.8. The van der Waals surface area contributed by atoms with Crippen LogP contribution in [0.1, 0.15) is 18.3 Å². The number of hydrogen-bond donors (Lipinski definition) is 1. The number of nitrogens with zero attached hydrogens (tertiary/aromatic N) is 2. The van der Waals surface area contributed by atoms with Crippen molar-refractivity contribution in [1.29, 1.82) is 0 Å². The van der Waals surface area contributed by atoms with Gasteiger partial charge in [-0.1, -0.05) is 0 Å². The van der Waals surface area contributed by atoms with Crippen LogP contribution in [0.4, 0.5) is 10.1 Å². The highest BCUT2D eigenvalue weighted by molar-refractivity contribution is 9.10. The van der Waals surface area contributed by atoms with Crippen molar-refractivity contribution in [2.45, 2.75) is 31.0 Å². The number of anilines is 1. The highest BCUT2D eigenvalue weighted by Crippen LogP contribution is 2.26. The first kappa shape index (κ1) is 16.0. The molecule has 2 rings (SSSR count). The molecule has 0 fully saturated rings. The van der Waals surface area contributed by atoms with Gasteiger partial charge in [-0.3, -0.25) is 4.68 Å².